The van der Waals surface area contributed by atoms with Gasteiger partial charge in [0, 0.05) is 29.7 Å². The van der Waals surface area contributed by atoms with Gasteiger partial charge in [-0.2, -0.15) is 9.67 Å². The maximum Gasteiger partial charge on any atom is 0.222 e. The summed E-state index contributed by atoms with van der Waals surface area (Å²) in [5.41, 5.74) is 11.6. The lowest BCUT2D eigenvalue weighted by Crippen LogP contribution is -2.09. The molecule has 0 bridgehead atoms. The van der Waals surface area contributed by atoms with E-state index >= 15 is 0 Å². The summed E-state index contributed by atoms with van der Waals surface area (Å²) in [6.45, 7) is 5.96. The van der Waals surface area contributed by atoms with E-state index in [-0.39, 0.29) is 12.1 Å². The van der Waals surface area contributed by atoms with Crippen molar-refractivity contribution < 1.29 is 9.15 Å². The maximum absolute atomic E-state index is 6.18. The average Bonchev–Trinajstić information content (AvgIpc) is 3.58. The summed E-state index contributed by atoms with van der Waals surface area (Å²) in [6, 6.07) is 13.2. The molecule has 35 heavy (non-hydrogen) atoms. The molecular weight excluding hydrogens is 444 g/mol. The molecule has 0 aliphatic rings. The molecule has 0 amide bonds. The van der Waals surface area contributed by atoms with E-state index in [4.69, 9.17) is 14.9 Å². The molecule has 5 aromatic heterocycles. The number of nitrogens with zero attached hydrogens (tertiary/aromatic N) is 7. The predicted octanol–water partition coefficient (Wildman–Crippen LogP) is 4.46. The number of nitrogen functional groups attached to an aromatic ring is 1. The molecule has 2 N–H and O–H groups in total. The minimum Gasteiger partial charge on any atom is -0.491 e. The van der Waals surface area contributed by atoms with Gasteiger partial charge in [-0.15, -0.1) is 5.10 Å². The summed E-state index contributed by atoms with van der Waals surface area (Å²) >= 11 is 0. The molecule has 1 aromatic carbocycles. The summed E-state index contributed by atoms with van der Waals surface area (Å²) in [5, 5.41) is 8.79. The van der Waals surface area contributed by atoms with Gasteiger partial charge >= 0.3 is 0 Å². The Kier molecular flexibility index (Phi) is 4.73. The number of fused-ring (bicyclic) bond motifs is 2. The first-order chi connectivity index (χ1) is 17.0. The van der Waals surface area contributed by atoms with Crippen LogP contribution in [0.1, 0.15) is 19.5 Å². The standard InChI is InChI=1S/C25H22N8O2/c1-14(2)35-17-7-8-19-18(11-17)30-31-33(19)24-22(16-6-9-21-27-12-15(3)32(21)13-16)23(28-25(26)29-24)20-5-4-10-34-20/h4-14H,1-3H3,(H2,26,28,29). The topological polar surface area (TPSA) is 122 Å². The van der Waals surface area contributed by atoms with E-state index in [1.807, 2.05) is 74.0 Å². The number of ether oxygens (including phenoxy) is 1. The highest BCUT2D eigenvalue weighted by Gasteiger charge is 2.23. The molecule has 0 aliphatic carbocycles. The molecule has 0 unspecified atom stereocenters. The van der Waals surface area contributed by atoms with Gasteiger partial charge in [-0.3, -0.25) is 0 Å². The second-order valence-corrected chi connectivity index (χ2v) is 8.47. The molecule has 0 fully saturated rings. The lowest BCUT2D eigenvalue weighted by molar-refractivity contribution is 0.242. The molecule has 0 spiro atoms. The summed E-state index contributed by atoms with van der Waals surface area (Å²) in [5.74, 6) is 1.87. The van der Waals surface area contributed by atoms with Crippen LogP contribution in [0.25, 0.3) is 45.1 Å². The van der Waals surface area contributed by atoms with Crippen LogP contribution in [0.2, 0.25) is 0 Å². The number of nitrogens with two attached hydrogens (primary N) is 1. The zero-order chi connectivity index (χ0) is 24.1. The van der Waals surface area contributed by atoms with Crippen LogP contribution in [0.15, 0.2) is 65.5 Å². The monoisotopic (exact) mass is 466 g/mol. The van der Waals surface area contributed by atoms with Gasteiger partial charge in [-0.1, -0.05) is 5.21 Å². The third-order valence-electron chi connectivity index (χ3n) is 5.63. The maximum atomic E-state index is 6.18. The Morgan fingerprint density at radius 3 is 2.77 bits per heavy atom. The van der Waals surface area contributed by atoms with Crippen molar-refractivity contribution in [3.8, 4) is 34.1 Å². The lowest BCUT2D eigenvalue weighted by atomic mass is 10.0. The number of benzene rings is 1. The lowest BCUT2D eigenvalue weighted by Gasteiger charge is -2.14. The van der Waals surface area contributed by atoms with Crippen molar-refractivity contribution in [3.63, 3.8) is 0 Å². The Hall–Kier alpha value is -4.73. The van der Waals surface area contributed by atoms with E-state index in [0.717, 1.165) is 28.2 Å². The first kappa shape index (κ1) is 20.8. The molecule has 0 radical (unpaired) electrons. The molecule has 6 aromatic rings. The van der Waals surface area contributed by atoms with Crippen LogP contribution in [0, 0.1) is 6.92 Å². The first-order valence-electron chi connectivity index (χ1n) is 11.2. The molecular formula is C25H22N8O2. The van der Waals surface area contributed by atoms with Gasteiger partial charge < -0.3 is 19.3 Å². The van der Waals surface area contributed by atoms with Crippen LogP contribution in [-0.2, 0) is 0 Å². The Balaban J connectivity index is 1.63. The van der Waals surface area contributed by atoms with Crippen molar-refractivity contribution in [1.82, 2.24) is 34.3 Å². The van der Waals surface area contributed by atoms with Crippen molar-refractivity contribution in [2.24, 2.45) is 0 Å². The van der Waals surface area contributed by atoms with Gasteiger partial charge in [-0.05, 0) is 57.2 Å². The third kappa shape index (κ3) is 3.55. The van der Waals surface area contributed by atoms with E-state index < -0.39 is 0 Å². The highest BCUT2D eigenvalue weighted by atomic mass is 16.5. The number of aromatic nitrogens is 7. The van der Waals surface area contributed by atoms with Crippen LogP contribution in [0.3, 0.4) is 0 Å². The molecule has 174 valence electrons. The Bertz CT molecular complexity index is 1680. The van der Waals surface area contributed by atoms with Crippen molar-refractivity contribution >= 4 is 22.6 Å². The zero-order valence-electron chi connectivity index (χ0n) is 19.4. The van der Waals surface area contributed by atoms with Gasteiger partial charge in [0.1, 0.15) is 22.6 Å². The summed E-state index contributed by atoms with van der Waals surface area (Å²) in [7, 11) is 0. The quantitative estimate of drug-likeness (QED) is 0.395. The van der Waals surface area contributed by atoms with Gasteiger partial charge in [0.25, 0.3) is 0 Å². The molecule has 10 heteroatoms. The van der Waals surface area contributed by atoms with E-state index in [2.05, 4.69) is 25.3 Å². The van der Waals surface area contributed by atoms with Crippen LogP contribution in [-0.4, -0.2) is 40.5 Å². The van der Waals surface area contributed by atoms with E-state index in [9.17, 15) is 0 Å². The summed E-state index contributed by atoms with van der Waals surface area (Å²) < 4.78 is 15.2. The average molecular weight is 467 g/mol. The highest BCUT2D eigenvalue weighted by Crippen LogP contribution is 2.36. The minimum atomic E-state index is 0.0492. The number of furan rings is 1. The predicted molar refractivity (Wildman–Crippen MR) is 131 cm³/mol. The van der Waals surface area contributed by atoms with Gasteiger partial charge in [0.15, 0.2) is 11.6 Å². The van der Waals surface area contributed by atoms with E-state index in [0.29, 0.717) is 28.4 Å². The van der Waals surface area contributed by atoms with Crippen molar-refractivity contribution in [2.45, 2.75) is 26.9 Å². The van der Waals surface area contributed by atoms with E-state index in [1.54, 1.807) is 17.0 Å². The molecule has 0 saturated carbocycles. The Labute approximate surface area is 200 Å². The largest absolute Gasteiger partial charge is 0.491 e. The number of aryl methyl sites for hydroxylation is 1. The molecule has 5 heterocycles. The minimum absolute atomic E-state index is 0.0492. The van der Waals surface area contributed by atoms with Crippen LogP contribution in [0.4, 0.5) is 5.95 Å². The number of imidazole rings is 1. The van der Waals surface area contributed by atoms with Crippen molar-refractivity contribution in [2.75, 3.05) is 5.73 Å². The molecule has 0 atom stereocenters. The van der Waals surface area contributed by atoms with E-state index in [1.165, 1.54) is 0 Å². The highest BCUT2D eigenvalue weighted by molar-refractivity contribution is 5.87. The molecule has 10 nitrogen and oxygen atoms in total. The molecule has 0 aliphatic heterocycles. The Morgan fingerprint density at radius 2 is 1.97 bits per heavy atom. The number of hydrogen-bond acceptors (Lipinski definition) is 8. The van der Waals surface area contributed by atoms with Gasteiger partial charge in [0.2, 0.25) is 5.95 Å². The van der Waals surface area contributed by atoms with Crippen molar-refractivity contribution in [3.05, 3.63) is 66.8 Å². The van der Waals surface area contributed by atoms with Crippen LogP contribution in [0.5, 0.6) is 5.75 Å². The SMILES string of the molecule is Cc1cnc2ccc(-c3c(-c4ccco4)nc(N)nc3-n3nnc4cc(OC(C)C)ccc43)cn12. The normalized spacial score (nSPS) is 11.7. The first-order valence-corrected chi connectivity index (χ1v) is 11.2. The van der Waals surface area contributed by atoms with Gasteiger partial charge in [0.05, 0.1) is 23.4 Å². The fraction of sp³-hybridized carbons (Fsp3) is 0.160. The van der Waals surface area contributed by atoms with Crippen molar-refractivity contribution in [1.29, 1.82) is 0 Å². The summed E-state index contributed by atoms with van der Waals surface area (Å²) in [6.07, 6.45) is 5.47. The summed E-state index contributed by atoms with van der Waals surface area (Å²) in [4.78, 5) is 13.6. The third-order valence-corrected chi connectivity index (χ3v) is 5.63. The zero-order valence-corrected chi connectivity index (χ0v) is 19.4. The number of anilines is 1. The molecule has 0 saturated heterocycles. The van der Waals surface area contributed by atoms with Gasteiger partial charge in [-0.25, -0.2) is 9.97 Å². The Morgan fingerprint density at radius 1 is 1.09 bits per heavy atom. The number of pyridine rings is 1. The second-order valence-electron chi connectivity index (χ2n) is 8.47. The fourth-order valence-electron chi connectivity index (χ4n) is 4.13. The molecule has 6 rings (SSSR count). The van der Waals surface area contributed by atoms with Crippen LogP contribution >= 0.6 is 0 Å². The number of rotatable bonds is 5. The second kappa shape index (κ2) is 7.94. The van der Waals surface area contributed by atoms with Crippen LogP contribution < -0.4 is 10.5 Å². The fourth-order valence-corrected chi connectivity index (χ4v) is 4.13. The smallest absolute Gasteiger partial charge is 0.222 e. The number of hydrogen-bond donors (Lipinski definition) is 1.